The molecule has 0 bridgehead atoms. The van der Waals surface area contributed by atoms with Crippen molar-refractivity contribution in [2.75, 3.05) is 40.4 Å². The molecule has 0 saturated heterocycles. The molecule has 0 saturated carbocycles. The SMILES string of the molecule is CN(C)CCOCCNCc1cc(Cl)cs1. The second-order valence-corrected chi connectivity index (χ2v) is 5.26. The van der Waals surface area contributed by atoms with Crippen molar-refractivity contribution in [2.45, 2.75) is 6.54 Å². The lowest BCUT2D eigenvalue weighted by atomic mass is 10.4. The van der Waals surface area contributed by atoms with Gasteiger partial charge in [-0.15, -0.1) is 11.3 Å². The highest BCUT2D eigenvalue weighted by atomic mass is 35.5. The van der Waals surface area contributed by atoms with Crippen molar-refractivity contribution in [2.24, 2.45) is 0 Å². The van der Waals surface area contributed by atoms with Crippen LogP contribution < -0.4 is 5.32 Å². The molecule has 0 aromatic carbocycles. The van der Waals surface area contributed by atoms with Crippen molar-refractivity contribution < 1.29 is 4.74 Å². The summed E-state index contributed by atoms with van der Waals surface area (Å²) < 4.78 is 5.46. The van der Waals surface area contributed by atoms with Gasteiger partial charge in [0, 0.05) is 29.9 Å². The first-order valence-corrected chi connectivity index (χ1v) is 6.60. The Kier molecular flexibility index (Phi) is 7.00. The van der Waals surface area contributed by atoms with E-state index in [1.807, 2.05) is 25.5 Å². The van der Waals surface area contributed by atoms with Crippen molar-refractivity contribution >= 4 is 22.9 Å². The summed E-state index contributed by atoms with van der Waals surface area (Å²) in [7, 11) is 4.09. The van der Waals surface area contributed by atoms with Gasteiger partial charge in [0.1, 0.15) is 0 Å². The van der Waals surface area contributed by atoms with Crippen molar-refractivity contribution in [1.29, 1.82) is 0 Å². The molecule has 5 heteroatoms. The molecule has 0 fully saturated rings. The number of nitrogens with zero attached hydrogens (tertiary/aromatic N) is 1. The smallest absolute Gasteiger partial charge is 0.0593 e. The molecule has 1 aromatic rings. The molecule has 0 radical (unpaired) electrons. The molecule has 1 rings (SSSR count). The summed E-state index contributed by atoms with van der Waals surface area (Å²) in [6, 6.07) is 1.99. The first-order valence-electron chi connectivity index (χ1n) is 5.34. The third kappa shape index (κ3) is 6.45. The lowest BCUT2D eigenvalue weighted by Crippen LogP contribution is -2.22. The van der Waals surface area contributed by atoms with E-state index in [0.29, 0.717) is 0 Å². The topological polar surface area (TPSA) is 24.5 Å². The Balaban J connectivity index is 1.92. The lowest BCUT2D eigenvalue weighted by Gasteiger charge is -2.09. The molecule has 3 nitrogen and oxygen atoms in total. The number of thiophene rings is 1. The van der Waals surface area contributed by atoms with Gasteiger partial charge in [-0.05, 0) is 20.2 Å². The fourth-order valence-corrected chi connectivity index (χ4v) is 2.19. The molecule has 0 amide bonds. The number of hydrogen-bond donors (Lipinski definition) is 1. The third-order valence-electron chi connectivity index (χ3n) is 2.03. The van der Waals surface area contributed by atoms with Gasteiger partial charge in [0.15, 0.2) is 0 Å². The van der Waals surface area contributed by atoms with E-state index >= 15 is 0 Å². The minimum Gasteiger partial charge on any atom is -0.379 e. The van der Waals surface area contributed by atoms with Gasteiger partial charge >= 0.3 is 0 Å². The molecular weight excluding hydrogens is 244 g/mol. The molecule has 0 aliphatic carbocycles. The van der Waals surface area contributed by atoms with Crippen LogP contribution in [0.15, 0.2) is 11.4 Å². The Morgan fingerprint density at radius 3 is 2.88 bits per heavy atom. The summed E-state index contributed by atoms with van der Waals surface area (Å²) in [5.41, 5.74) is 0. The molecule has 1 heterocycles. The van der Waals surface area contributed by atoms with Crippen LogP contribution in [-0.4, -0.2) is 45.3 Å². The van der Waals surface area contributed by atoms with Crippen LogP contribution in [-0.2, 0) is 11.3 Å². The largest absolute Gasteiger partial charge is 0.379 e. The van der Waals surface area contributed by atoms with Gasteiger partial charge in [-0.1, -0.05) is 11.6 Å². The molecule has 0 aliphatic rings. The molecule has 0 aliphatic heterocycles. The maximum Gasteiger partial charge on any atom is 0.0593 e. The molecule has 0 atom stereocenters. The predicted octanol–water partition coefficient (Wildman–Crippen LogP) is 2.07. The van der Waals surface area contributed by atoms with Crippen LogP contribution in [0.25, 0.3) is 0 Å². The lowest BCUT2D eigenvalue weighted by molar-refractivity contribution is 0.119. The van der Waals surface area contributed by atoms with E-state index in [9.17, 15) is 0 Å². The van der Waals surface area contributed by atoms with Crippen molar-refractivity contribution in [3.8, 4) is 0 Å². The minimum atomic E-state index is 0.757. The van der Waals surface area contributed by atoms with Gasteiger partial charge in [-0.3, -0.25) is 0 Å². The molecule has 0 spiro atoms. The Hall–Kier alpha value is -0.130. The molecule has 92 valence electrons. The summed E-state index contributed by atoms with van der Waals surface area (Å²) in [6.07, 6.45) is 0. The van der Waals surface area contributed by atoms with Gasteiger partial charge in [-0.25, -0.2) is 0 Å². The quantitative estimate of drug-likeness (QED) is 0.726. The van der Waals surface area contributed by atoms with Crippen molar-refractivity contribution in [3.05, 3.63) is 21.3 Å². The maximum absolute atomic E-state index is 5.82. The number of hydrogen-bond acceptors (Lipinski definition) is 4. The molecule has 1 N–H and O–H groups in total. The second-order valence-electron chi connectivity index (χ2n) is 3.82. The maximum atomic E-state index is 5.82. The number of likely N-dealkylation sites (N-methyl/N-ethyl adjacent to an activating group) is 1. The van der Waals surface area contributed by atoms with Crippen LogP contribution >= 0.6 is 22.9 Å². The zero-order valence-corrected chi connectivity index (χ0v) is 11.4. The highest BCUT2D eigenvalue weighted by molar-refractivity contribution is 7.10. The second kappa shape index (κ2) is 8.03. The zero-order valence-electron chi connectivity index (χ0n) is 9.83. The monoisotopic (exact) mass is 262 g/mol. The van der Waals surface area contributed by atoms with Crippen LogP contribution in [0.3, 0.4) is 0 Å². The van der Waals surface area contributed by atoms with E-state index in [1.54, 1.807) is 11.3 Å². The standard InChI is InChI=1S/C11H19ClN2OS/c1-14(2)4-6-15-5-3-13-8-11-7-10(12)9-16-11/h7,9,13H,3-6,8H2,1-2H3. The van der Waals surface area contributed by atoms with E-state index < -0.39 is 0 Å². The molecule has 16 heavy (non-hydrogen) atoms. The molecule has 1 aromatic heterocycles. The van der Waals surface area contributed by atoms with Crippen LogP contribution in [0.4, 0.5) is 0 Å². The fourth-order valence-electron chi connectivity index (χ4n) is 1.15. The van der Waals surface area contributed by atoms with Gasteiger partial charge < -0.3 is 15.0 Å². The summed E-state index contributed by atoms with van der Waals surface area (Å²) in [4.78, 5) is 3.37. The van der Waals surface area contributed by atoms with E-state index in [2.05, 4.69) is 10.2 Å². The highest BCUT2D eigenvalue weighted by Crippen LogP contribution is 2.18. The average Bonchev–Trinajstić information content (AvgIpc) is 2.62. The van der Waals surface area contributed by atoms with E-state index in [0.717, 1.165) is 37.9 Å². The summed E-state index contributed by atoms with van der Waals surface area (Å²) >= 11 is 7.50. The van der Waals surface area contributed by atoms with Crippen molar-refractivity contribution in [3.63, 3.8) is 0 Å². The van der Waals surface area contributed by atoms with Crippen LogP contribution in [0.1, 0.15) is 4.88 Å². The van der Waals surface area contributed by atoms with E-state index in [4.69, 9.17) is 16.3 Å². The Labute approximate surface area is 106 Å². The Morgan fingerprint density at radius 1 is 1.44 bits per heavy atom. The average molecular weight is 263 g/mol. The highest BCUT2D eigenvalue weighted by Gasteiger charge is 1.97. The molecular formula is C11H19ClN2OS. The minimum absolute atomic E-state index is 0.757. The predicted molar refractivity (Wildman–Crippen MR) is 70.4 cm³/mol. The first-order chi connectivity index (χ1) is 7.68. The van der Waals surface area contributed by atoms with Crippen LogP contribution in [0, 0.1) is 0 Å². The van der Waals surface area contributed by atoms with Gasteiger partial charge in [0.25, 0.3) is 0 Å². The van der Waals surface area contributed by atoms with Gasteiger partial charge in [0.2, 0.25) is 0 Å². The summed E-state index contributed by atoms with van der Waals surface area (Å²) in [5.74, 6) is 0. The number of ether oxygens (including phenoxy) is 1. The first kappa shape index (κ1) is 13.9. The van der Waals surface area contributed by atoms with Gasteiger partial charge in [0.05, 0.1) is 18.2 Å². The summed E-state index contributed by atoms with van der Waals surface area (Å²) in [6.45, 7) is 4.27. The fraction of sp³-hybridized carbons (Fsp3) is 0.636. The van der Waals surface area contributed by atoms with E-state index in [-0.39, 0.29) is 0 Å². The van der Waals surface area contributed by atoms with Gasteiger partial charge in [-0.2, -0.15) is 0 Å². The Bertz CT molecular complexity index is 291. The van der Waals surface area contributed by atoms with Crippen LogP contribution in [0.2, 0.25) is 5.02 Å². The van der Waals surface area contributed by atoms with Crippen molar-refractivity contribution in [1.82, 2.24) is 10.2 Å². The number of rotatable bonds is 8. The zero-order chi connectivity index (χ0) is 11.8. The van der Waals surface area contributed by atoms with Crippen LogP contribution in [0.5, 0.6) is 0 Å². The number of halogens is 1. The normalized spacial score (nSPS) is 11.2. The summed E-state index contributed by atoms with van der Waals surface area (Å²) in [5, 5.41) is 6.09. The Morgan fingerprint density at radius 2 is 2.25 bits per heavy atom. The van der Waals surface area contributed by atoms with E-state index in [1.165, 1.54) is 4.88 Å². The third-order valence-corrected chi connectivity index (χ3v) is 3.31. The number of nitrogens with one attached hydrogen (secondary N) is 1. The molecule has 0 unspecified atom stereocenters.